The molecule has 2 amide bonds. The number of aliphatic hydroxyl groups excluding tert-OH is 2. The second kappa shape index (κ2) is 19.1. The van der Waals surface area contributed by atoms with Crippen molar-refractivity contribution in [2.24, 2.45) is 17.8 Å². The Balaban J connectivity index is 1.33. The molecule has 1 fully saturated rings. The molecular weight excluding hydrogens is 928 g/mol. The van der Waals surface area contributed by atoms with E-state index < -0.39 is 60.6 Å². The highest BCUT2D eigenvalue weighted by Gasteiger charge is 2.56. The van der Waals surface area contributed by atoms with Gasteiger partial charge in [-0.15, -0.1) is 0 Å². The molecule has 0 saturated carbocycles. The van der Waals surface area contributed by atoms with E-state index in [1.165, 1.54) is 31.4 Å². The summed E-state index contributed by atoms with van der Waals surface area (Å²) < 4.78 is 13.5. The van der Waals surface area contributed by atoms with Crippen molar-refractivity contribution in [3.05, 3.63) is 163 Å². The number of nitro benzene ring substituents is 1. The normalized spacial score (nSPS) is 18.7. The number of anilines is 1. The molecule has 7 rings (SSSR count). The third kappa shape index (κ3) is 9.02. The van der Waals surface area contributed by atoms with Crippen molar-refractivity contribution < 1.29 is 39.0 Å². The number of ether oxygens (including phenoxy) is 1. The molecular formula is C50H51IN2O9Si. The van der Waals surface area contributed by atoms with E-state index in [0.29, 0.717) is 26.9 Å². The van der Waals surface area contributed by atoms with Crippen molar-refractivity contribution in [2.75, 3.05) is 25.2 Å². The number of benzene rings is 5. The number of phenolic OH excluding ortho intramolecular Hbond substituents is 1. The highest BCUT2D eigenvalue weighted by Crippen LogP contribution is 2.49. The molecule has 5 aromatic carbocycles. The van der Waals surface area contributed by atoms with Crippen LogP contribution in [0.25, 0.3) is 11.6 Å². The summed E-state index contributed by atoms with van der Waals surface area (Å²) >= 11 is 2.06. The fourth-order valence-corrected chi connectivity index (χ4v) is 14.7. The molecule has 11 nitrogen and oxygen atoms in total. The van der Waals surface area contributed by atoms with Crippen LogP contribution in [0.3, 0.4) is 0 Å². The van der Waals surface area contributed by atoms with Gasteiger partial charge in [-0.2, -0.15) is 0 Å². The molecule has 0 radical (unpaired) electrons. The number of carbonyl (C=O) groups excluding carboxylic acids is 2. The van der Waals surface area contributed by atoms with Gasteiger partial charge in [0.2, 0.25) is 11.8 Å². The van der Waals surface area contributed by atoms with Crippen LogP contribution in [0.5, 0.6) is 11.5 Å². The number of nitro groups is 1. The minimum absolute atomic E-state index is 0.0186. The fraction of sp³-hybridized carbons (Fsp3) is 0.280. The molecule has 5 aromatic rings. The lowest BCUT2D eigenvalue weighted by Gasteiger charge is -2.44. The smallest absolute Gasteiger partial charge is 0.271 e. The van der Waals surface area contributed by atoms with E-state index in [4.69, 9.17) is 9.16 Å². The Morgan fingerprint density at radius 2 is 1.54 bits per heavy atom. The molecule has 0 spiro atoms. The number of non-ortho nitro benzene ring substituents is 1. The molecule has 1 saturated heterocycles. The lowest BCUT2D eigenvalue weighted by Crippen LogP contribution is -2.66. The average Bonchev–Trinajstić information content (AvgIpc) is 3.54. The maximum Gasteiger partial charge on any atom is 0.271 e. The summed E-state index contributed by atoms with van der Waals surface area (Å²) in [4.78, 5) is 41.1. The molecule has 13 heteroatoms. The third-order valence-electron chi connectivity index (χ3n) is 12.4. The average molecular weight is 979 g/mol. The molecule has 1 heterocycles. The zero-order valence-corrected chi connectivity index (χ0v) is 38.8. The Morgan fingerprint density at radius 3 is 2.11 bits per heavy atom. The summed E-state index contributed by atoms with van der Waals surface area (Å²) in [6.07, 6.45) is 1.46. The zero-order valence-electron chi connectivity index (χ0n) is 35.6. The second-order valence-corrected chi connectivity index (χ2v) is 22.5. The van der Waals surface area contributed by atoms with Gasteiger partial charge in [-0.1, -0.05) is 124 Å². The minimum Gasteiger partial charge on any atom is -0.504 e. The number of hydrogen-bond donors (Lipinski definition) is 3. The molecule has 63 heavy (non-hydrogen) atoms. The number of phenols is 1. The van der Waals surface area contributed by atoms with E-state index in [0.717, 1.165) is 32.0 Å². The van der Waals surface area contributed by atoms with Crippen LogP contribution in [-0.2, 0) is 14.0 Å². The molecule has 326 valence electrons. The standard InChI is InChI=1S/C50H51IN2O9Si/c1-50(2,3)63(38-19-10-6-11-20-38,39-21-12-7-13-22-39)62-31-35-28-40-46(49(58)52(48(40)57)36-17-14-18-37(29-36)53(59)60)41(30-54)45(35)43(55)24-23-34(33-15-8-5-9-16-33)25-32-26-42(51)47(56)44(27-32)61-4/h5-22,25-27,29,40-41,43,46,54-56H,23-24,28,30-31H2,1-4H3/b34-25-/t40-,41+,43-,46-/m1/s1. The van der Waals surface area contributed by atoms with Crippen molar-refractivity contribution in [2.45, 2.75) is 51.2 Å². The first-order valence-electron chi connectivity index (χ1n) is 20.9. The first-order valence-corrected chi connectivity index (χ1v) is 23.9. The summed E-state index contributed by atoms with van der Waals surface area (Å²) in [5.74, 6) is -3.62. The van der Waals surface area contributed by atoms with Gasteiger partial charge >= 0.3 is 0 Å². The maximum atomic E-state index is 14.5. The summed E-state index contributed by atoms with van der Waals surface area (Å²) in [6, 6.07) is 39.0. The zero-order chi connectivity index (χ0) is 45.1. The van der Waals surface area contributed by atoms with Gasteiger partial charge in [0.1, 0.15) is 0 Å². The number of methoxy groups -OCH3 is 1. The van der Waals surface area contributed by atoms with E-state index in [-0.39, 0.29) is 36.6 Å². The van der Waals surface area contributed by atoms with Gasteiger partial charge in [0, 0.05) is 18.1 Å². The lowest BCUT2D eigenvalue weighted by molar-refractivity contribution is -0.384. The first-order chi connectivity index (χ1) is 30.2. The summed E-state index contributed by atoms with van der Waals surface area (Å²) in [5.41, 5.74) is 3.51. The molecule has 0 unspecified atom stereocenters. The van der Waals surface area contributed by atoms with E-state index in [1.54, 1.807) is 6.07 Å². The van der Waals surface area contributed by atoms with Crippen molar-refractivity contribution in [3.63, 3.8) is 0 Å². The summed E-state index contributed by atoms with van der Waals surface area (Å²) in [7, 11) is -1.67. The van der Waals surface area contributed by atoms with Gasteiger partial charge in [0.15, 0.2) is 11.5 Å². The van der Waals surface area contributed by atoms with Gasteiger partial charge in [-0.3, -0.25) is 19.7 Å². The third-order valence-corrected chi connectivity index (χ3v) is 18.2. The topological polar surface area (TPSA) is 160 Å². The molecule has 2 aliphatic rings. The number of hydrogen-bond acceptors (Lipinski definition) is 9. The number of amides is 2. The van der Waals surface area contributed by atoms with Crippen molar-refractivity contribution in [1.82, 2.24) is 0 Å². The van der Waals surface area contributed by atoms with Crippen LogP contribution in [-0.4, -0.2) is 66.8 Å². The quantitative estimate of drug-likeness (QED) is 0.0179. The highest BCUT2D eigenvalue weighted by atomic mass is 127. The van der Waals surface area contributed by atoms with Gasteiger partial charge in [0.25, 0.3) is 14.0 Å². The highest BCUT2D eigenvalue weighted by molar-refractivity contribution is 14.1. The molecule has 0 aromatic heterocycles. The molecule has 0 bridgehead atoms. The number of aromatic hydroxyl groups is 1. The Bertz CT molecular complexity index is 2500. The molecule has 3 N–H and O–H groups in total. The van der Waals surface area contributed by atoms with E-state index in [2.05, 4.69) is 67.6 Å². The summed E-state index contributed by atoms with van der Waals surface area (Å²) in [6.45, 7) is 5.97. The van der Waals surface area contributed by atoms with Gasteiger partial charge in [-0.05, 0) is 103 Å². The summed E-state index contributed by atoms with van der Waals surface area (Å²) in [5, 5.41) is 47.9. The number of aliphatic hydroxyl groups is 2. The SMILES string of the molecule is COc1cc(/C=C(/CC[C@@H](O)C2=C(CO[Si](c3ccccc3)(c3ccccc3)C(C)(C)C)C[C@H]3C(=O)N(c4cccc([N+](=O)[O-])c4)C(=O)[C@H]3[C@H]2CO)c2ccccc2)cc(I)c1O. The largest absolute Gasteiger partial charge is 0.504 e. The maximum absolute atomic E-state index is 14.5. The van der Waals surface area contributed by atoms with Gasteiger partial charge in [0.05, 0.1) is 52.4 Å². The number of nitrogens with zero attached hydrogens (tertiary/aromatic N) is 2. The van der Waals surface area contributed by atoms with Crippen LogP contribution >= 0.6 is 22.6 Å². The number of halogens is 1. The molecule has 1 aliphatic carbocycles. The Labute approximate surface area is 382 Å². The second-order valence-electron chi connectivity index (χ2n) is 17.1. The van der Waals surface area contributed by atoms with Crippen molar-refractivity contribution in [3.8, 4) is 11.5 Å². The monoisotopic (exact) mass is 978 g/mol. The van der Waals surface area contributed by atoms with Crippen LogP contribution in [0.15, 0.2) is 139 Å². The van der Waals surface area contributed by atoms with Crippen molar-refractivity contribution >= 4 is 76.1 Å². The number of imide groups is 1. The lowest BCUT2D eigenvalue weighted by atomic mass is 9.68. The Kier molecular flexibility index (Phi) is 13.8. The number of rotatable bonds is 15. The fourth-order valence-electron chi connectivity index (χ4n) is 9.48. The van der Waals surface area contributed by atoms with Crippen LogP contribution < -0.4 is 20.0 Å². The predicted molar refractivity (Wildman–Crippen MR) is 255 cm³/mol. The van der Waals surface area contributed by atoms with Crippen LogP contribution in [0.2, 0.25) is 5.04 Å². The Morgan fingerprint density at radius 1 is 0.921 bits per heavy atom. The Hall–Kier alpha value is -5.45. The number of carbonyl (C=O) groups is 2. The van der Waals surface area contributed by atoms with Gasteiger partial charge < -0.3 is 24.5 Å². The van der Waals surface area contributed by atoms with Gasteiger partial charge in [-0.25, -0.2) is 4.90 Å². The van der Waals surface area contributed by atoms with E-state index in [9.17, 15) is 35.0 Å². The van der Waals surface area contributed by atoms with E-state index >= 15 is 0 Å². The number of fused-ring (bicyclic) bond motifs is 1. The van der Waals surface area contributed by atoms with Crippen molar-refractivity contribution in [1.29, 1.82) is 0 Å². The molecule has 4 atom stereocenters. The van der Waals surface area contributed by atoms with Crippen LogP contribution in [0.1, 0.15) is 51.2 Å². The number of allylic oxidation sites excluding steroid dienone is 1. The van der Waals surface area contributed by atoms with Crippen LogP contribution in [0.4, 0.5) is 11.4 Å². The van der Waals surface area contributed by atoms with E-state index in [1.807, 2.05) is 78.9 Å². The molecule has 1 aliphatic heterocycles. The first kappa shape index (κ1) is 45.6. The minimum atomic E-state index is -3.16. The van der Waals surface area contributed by atoms with Crippen LogP contribution in [0, 0.1) is 31.4 Å². The predicted octanol–water partition coefficient (Wildman–Crippen LogP) is 8.29.